The molecule has 13 heavy (non-hydrogen) atoms. The molecule has 0 saturated heterocycles. The van der Waals surface area contributed by atoms with Crippen LogP contribution in [0.25, 0.3) is 0 Å². The Kier molecular flexibility index (Phi) is 6.99. The number of benzene rings is 1. The summed E-state index contributed by atoms with van der Waals surface area (Å²) in [7, 11) is 0. The van der Waals surface area contributed by atoms with Crippen molar-refractivity contribution in [1.29, 1.82) is 0 Å². The Labute approximate surface area is 97.1 Å². The molecule has 0 aliphatic carbocycles. The summed E-state index contributed by atoms with van der Waals surface area (Å²) in [5, 5.41) is 6.48. The SMILES string of the molecule is CC.I.c1ccc2c(c1)CNCN2. The van der Waals surface area contributed by atoms with E-state index in [0.717, 1.165) is 13.2 Å². The molecule has 0 aromatic heterocycles. The standard InChI is InChI=1S/C8H10N2.C2H6.HI/c1-2-4-8-7(3-1)5-9-6-10-8;1-2;/h1-4,9-10H,5-6H2;1-2H3;1H. The summed E-state index contributed by atoms with van der Waals surface area (Å²) in [6, 6.07) is 8.36. The van der Waals surface area contributed by atoms with E-state index in [0.29, 0.717) is 0 Å². The molecule has 0 bridgehead atoms. The molecular formula is C10H17IN2. The summed E-state index contributed by atoms with van der Waals surface area (Å²) in [6.07, 6.45) is 0. The van der Waals surface area contributed by atoms with E-state index in [4.69, 9.17) is 0 Å². The second-order valence-corrected chi connectivity index (χ2v) is 2.44. The lowest BCUT2D eigenvalue weighted by Gasteiger charge is -2.18. The van der Waals surface area contributed by atoms with Gasteiger partial charge in [-0.15, -0.1) is 24.0 Å². The van der Waals surface area contributed by atoms with Gasteiger partial charge in [0.05, 0.1) is 6.67 Å². The molecule has 0 unspecified atom stereocenters. The van der Waals surface area contributed by atoms with Crippen LogP contribution < -0.4 is 10.6 Å². The maximum absolute atomic E-state index is 3.25. The Balaban J connectivity index is 0.000000451. The topological polar surface area (TPSA) is 24.1 Å². The molecule has 1 aromatic rings. The van der Waals surface area contributed by atoms with Crippen LogP contribution in [0.5, 0.6) is 0 Å². The van der Waals surface area contributed by atoms with Crippen molar-refractivity contribution >= 4 is 29.7 Å². The van der Waals surface area contributed by atoms with Crippen LogP contribution in [0, 0.1) is 0 Å². The van der Waals surface area contributed by atoms with Gasteiger partial charge in [-0.3, -0.25) is 5.32 Å². The van der Waals surface area contributed by atoms with Crippen molar-refractivity contribution < 1.29 is 0 Å². The normalized spacial score (nSPS) is 12.5. The van der Waals surface area contributed by atoms with E-state index < -0.39 is 0 Å². The van der Waals surface area contributed by atoms with Gasteiger partial charge >= 0.3 is 0 Å². The summed E-state index contributed by atoms with van der Waals surface area (Å²) in [6.45, 7) is 5.88. The maximum Gasteiger partial charge on any atom is 0.0655 e. The molecule has 0 amide bonds. The van der Waals surface area contributed by atoms with E-state index in [9.17, 15) is 0 Å². The summed E-state index contributed by atoms with van der Waals surface area (Å²) >= 11 is 0. The van der Waals surface area contributed by atoms with Gasteiger partial charge in [-0.2, -0.15) is 0 Å². The van der Waals surface area contributed by atoms with Crippen LogP contribution in [0.15, 0.2) is 24.3 Å². The van der Waals surface area contributed by atoms with Crippen molar-refractivity contribution in [3.05, 3.63) is 29.8 Å². The summed E-state index contributed by atoms with van der Waals surface area (Å²) in [5.41, 5.74) is 2.62. The zero-order valence-corrected chi connectivity index (χ0v) is 10.5. The van der Waals surface area contributed by atoms with Crippen LogP contribution in [0.3, 0.4) is 0 Å². The monoisotopic (exact) mass is 292 g/mol. The van der Waals surface area contributed by atoms with E-state index in [1.165, 1.54) is 11.3 Å². The summed E-state index contributed by atoms with van der Waals surface area (Å²) < 4.78 is 0. The molecular weight excluding hydrogens is 275 g/mol. The smallest absolute Gasteiger partial charge is 0.0655 e. The molecule has 2 nitrogen and oxygen atoms in total. The maximum atomic E-state index is 3.25. The zero-order valence-electron chi connectivity index (χ0n) is 8.13. The average molecular weight is 292 g/mol. The Morgan fingerprint density at radius 2 is 1.85 bits per heavy atom. The number of anilines is 1. The van der Waals surface area contributed by atoms with Gasteiger partial charge in [-0.25, -0.2) is 0 Å². The van der Waals surface area contributed by atoms with Gasteiger partial charge in [-0.1, -0.05) is 32.0 Å². The van der Waals surface area contributed by atoms with E-state index >= 15 is 0 Å². The van der Waals surface area contributed by atoms with Gasteiger partial charge in [0.1, 0.15) is 0 Å². The lowest BCUT2D eigenvalue weighted by atomic mass is 10.1. The van der Waals surface area contributed by atoms with Gasteiger partial charge < -0.3 is 5.32 Å². The fraction of sp³-hybridized carbons (Fsp3) is 0.400. The molecule has 1 aromatic carbocycles. The number of rotatable bonds is 0. The average Bonchev–Trinajstić information content (AvgIpc) is 2.21. The van der Waals surface area contributed by atoms with E-state index in [1.807, 2.05) is 13.8 Å². The predicted octanol–water partition coefficient (Wildman–Crippen LogP) is 2.80. The first-order valence-electron chi connectivity index (χ1n) is 4.49. The Morgan fingerprint density at radius 3 is 2.54 bits per heavy atom. The minimum absolute atomic E-state index is 0. The van der Waals surface area contributed by atoms with Crippen LogP contribution in [0.1, 0.15) is 19.4 Å². The second-order valence-electron chi connectivity index (χ2n) is 2.44. The van der Waals surface area contributed by atoms with E-state index in [-0.39, 0.29) is 24.0 Å². The number of fused-ring (bicyclic) bond motifs is 1. The molecule has 1 aliphatic rings. The van der Waals surface area contributed by atoms with E-state index in [2.05, 4.69) is 34.9 Å². The Bertz CT molecular complexity index is 213. The highest BCUT2D eigenvalue weighted by molar-refractivity contribution is 14.0. The molecule has 2 N–H and O–H groups in total. The fourth-order valence-electron chi connectivity index (χ4n) is 1.20. The van der Waals surface area contributed by atoms with Crippen molar-refractivity contribution in [3.8, 4) is 0 Å². The molecule has 1 aliphatic heterocycles. The first-order chi connectivity index (χ1) is 5.97. The lowest BCUT2D eigenvalue weighted by Crippen LogP contribution is -2.27. The highest BCUT2D eigenvalue weighted by atomic mass is 127. The van der Waals surface area contributed by atoms with Crippen LogP contribution in [0.2, 0.25) is 0 Å². The number of nitrogens with one attached hydrogen (secondary N) is 2. The minimum Gasteiger partial charge on any atom is -0.372 e. The first kappa shape index (κ1) is 12.7. The fourth-order valence-corrected chi connectivity index (χ4v) is 1.20. The Morgan fingerprint density at radius 1 is 1.15 bits per heavy atom. The molecule has 1 heterocycles. The van der Waals surface area contributed by atoms with Crippen molar-refractivity contribution in [3.63, 3.8) is 0 Å². The number of hydrogen-bond acceptors (Lipinski definition) is 2. The molecule has 74 valence electrons. The molecule has 0 saturated carbocycles. The molecule has 2 rings (SSSR count). The van der Waals surface area contributed by atoms with Gasteiger partial charge in [-0.05, 0) is 11.6 Å². The Hall–Kier alpha value is -0.290. The number of para-hydroxylation sites is 1. The molecule has 0 fully saturated rings. The highest BCUT2D eigenvalue weighted by Crippen LogP contribution is 2.16. The minimum atomic E-state index is 0. The second kappa shape index (κ2) is 7.15. The van der Waals surface area contributed by atoms with Gasteiger partial charge in [0.2, 0.25) is 0 Å². The van der Waals surface area contributed by atoms with Crippen LogP contribution in [-0.4, -0.2) is 6.67 Å². The summed E-state index contributed by atoms with van der Waals surface area (Å²) in [5.74, 6) is 0. The van der Waals surface area contributed by atoms with Crippen molar-refractivity contribution in [2.75, 3.05) is 12.0 Å². The third kappa shape index (κ3) is 3.52. The third-order valence-corrected chi connectivity index (χ3v) is 1.74. The highest BCUT2D eigenvalue weighted by Gasteiger charge is 2.03. The predicted molar refractivity (Wildman–Crippen MR) is 68.5 cm³/mol. The molecule has 0 atom stereocenters. The summed E-state index contributed by atoms with van der Waals surface area (Å²) in [4.78, 5) is 0. The van der Waals surface area contributed by atoms with E-state index in [1.54, 1.807) is 0 Å². The van der Waals surface area contributed by atoms with Crippen molar-refractivity contribution in [1.82, 2.24) is 5.32 Å². The molecule has 3 heteroatoms. The van der Waals surface area contributed by atoms with Crippen molar-refractivity contribution in [2.45, 2.75) is 20.4 Å². The van der Waals surface area contributed by atoms with Gasteiger partial charge in [0.25, 0.3) is 0 Å². The largest absolute Gasteiger partial charge is 0.372 e. The first-order valence-corrected chi connectivity index (χ1v) is 4.49. The molecule has 0 spiro atoms. The number of halogens is 1. The van der Waals surface area contributed by atoms with Crippen molar-refractivity contribution in [2.24, 2.45) is 0 Å². The quantitative estimate of drug-likeness (QED) is 0.719. The molecule has 0 radical (unpaired) electrons. The zero-order chi connectivity index (χ0) is 8.81. The third-order valence-electron chi connectivity index (χ3n) is 1.74. The van der Waals surface area contributed by atoms with Gasteiger partial charge in [0.15, 0.2) is 0 Å². The van der Waals surface area contributed by atoms with Crippen LogP contribution in [-0.2, 0) is 6.54 Å². The van der Waals surface area contributed by atoms with Gasteiger partial charge in [0, 0.05) is 12.2 Å². The van der Waals surface area contributed by atoms with Crippen LogP contribution in [0.4, 0.5) is 5.69 Å². The number of hydrogen-bond donors (Lipinski definition) is 2. The lowest BCUT2D eigenvalue weighted by molar-refractivity contribution is 0.709. The van der Waals surface area contributed by atoms with Crippen LogP contribution >= 0.6 is 24.0 Å².